The molecule has 0 saturated heterocycles. The summed E-state index contributed by atoms with van der Waals surface area (Å²) in [5.41, 5.74) is 7.57. The summed E-state index contributed by atoms with van der Waals surface area (Å²) in [6.07, 6.45) is 3.16. The van der Waals surface area contributed by atoms with Crippen LogP contribution in [0.25, 0.3) is 10.9 Å². The molecule has 39 heavy (non-hydrogen) atoms. The second-order valence-electron chi connectivity index (χ2n) is 8.52. The number of carbonyl (C=O) groups is 2. The van der Waals surface area contributed by atoms with Crippen molar-refractivity contribution < 1.29 is 23.5 Å². The number of fused-ring (bicyclic) bond motifs is 1. The van der Waals surface area contributed by atoms with E-state index >= 15 is 0 Å². The van der Waals surface area contributed by atoms with Crippen LogP contribution in [0.3, 0.4) is 0 Å². The van der Waals surface area contributed by atoms with Crippen molar-refractivity contribution >= 4 is 39.9 Å². The first-order chi connectivity index (χ1) is 18.8. The normalized spacial score (nSPS) is 10.7. The van der Waals surface area contributed by atoms with Gasteiger partial charge >= 0.3 is 0 Å². The van der Waals surface area contributed by atoms with Crippen LogP contribution in [0.1, 0.15) is 20.7 Å². The van der Waals surface area contributed by atoms with Gasteiger partial charge in [0.2, 0.25) is 0 Å². The van der Waals surface area contributed by atoms with E-state index in [-0.39, 0.29) is 11.1 Å². The van der Waals surface area contributed by atoms with Gasteiger partial charge in [-0.25, -0.2) is 4.39 Å². The summed E-state index contributed by atoms with van der Waals surface area (Å²) in [6, 6.07) is 17.5. The second kappa shape index (κ2) is 10.5. The number of methoxy groups -OCH3 is 1. The van der Waals surface area contributed by atoms with Gasteiger partial charge < -0.3 is 25.8 Å². The number of primary amides is 1. The summed E-state index contributed by atoms with van der Waals surface area (Å²) >= 11 is 0. The Morgan fingerprint density at radius 3 is 2.49 bits per heavy atom. The lowest BCUT2D eigenvalue weighted by atomic mass is 10.1. The maximum Gasteiger partial charge on any atom is 0.261 e. The zero-order chi connectivity index (χ0) is 27.5. The number of halogens is 1. The number of ether oxygens (including phenoxy) is 2. The molecule has 0 spiro atoms. The zero-order valence-electron chi connectivity index (χ0n) is 20.9. The molecule has 0 bridgehead atoms. The van der Waals surface area contributed by atoms with Gasteiger partial charge in [0.05, 0.1) is 18.2 Å². The number of rotatable bonds is 8. The lowest BCUT2D eigenvalue weighted by Crippen LogP contribution is -2.13. The molecule has 0 radical (unpaired) electrons. The Hall–Kier alpha value is -5.45. The summed E-state index contributed by atoms with van der Waals surface area (Å²) < 4.78 is 26.3. The molecule has 11 heteroatoms. The van der Waals surface area contributed by atoms with E-state index in [1.54, 1.807) is 68.0 Å². The van der Waals surface area contributed by atoms with Crippen molar-refractivity contribution in [1.29, 1.82) is 0 Å². The first kappa shape index (κ1) is 25.2. The summed E-state index contributed by atoms with van der Waals surface area (Å²) in [6.45, 7) is 0. The van der Waals surface area contributed by atoms with Crippen molar-refractivity contribution in [2.24, 2.45) is 12.8 Å². The largest absolute Gasteiger partial charge is 0.496 e. The fourth-order valence-electron chi connectivity index (χ4n) is 3.98. The van der Waals surface area contributed by atoms with Crippen molar-refractivity contribution in [3.05, 3.63) is 96.1 Å². The average Bonchev–Trinajstić information content (AvgIpc) is 3.29. The van der Waals surface area contributed by atoms with Gasteiger partial charge in [0.15, 0.2) is 5.82 Å². The maximum absolute atomic E-state index is 13.5. The van der Waals surface area contributed by atoms with E-state index in [4.69, 9.17) is 15.2 Å². The van der Waals surface area contributed by atoms with E-state index in [0.29, 0.717) is 45.3 Å². The highest BCUT2D eigenvalue weighted by Gasteiger charge is 2.17. The van der Waals surface area contributed by atoms with Gasteiger partial charge in [0.1, 0.15) is 28.6 Å². The number of hydrogen-bond donors (Lipinski definition) is 3. The third kappa shape index (κ3) is 5.47. The number of pyridine rings is 1. The van der Waals surface area contributed by atoms with Crippen LogP contribution in [0.2, 0.25) is 0 Å². The maximum atomic E-state index is 13.5. The minimum Gasteiger partial charge on any atom is -0.496 e. The fourth-order valence-corrected chi connectivity index (χ4v) is 3.98. The molecule has 196 valence electrons. The molecule has 4 N–H and O–H groups in total. The molecule has 2 heterocycles. The smallest absolute Gasteiger partial charge is 0.261 e. The topological polar surface area (TPSA) is 133 Å². The minimum absolute atomic E-state index is 0.218. The molecule has 0 aliphatic rings. The Labute approximate surface area is 222 Å². The van der Waals surface area contributed by atoms with Crippen molar-refractivity contribution in [3.8, 4) is 17.2 Å². The van der Waals surface area contributed by atoms with Crippen LogP contribution in [-0.2, 0) is 7.05 Å². The summed E-state index contributed by atoms with van der Waals surface area (Å²) in [5, 5.41) is 10.7. The Kier molecular flexibility index (Phi) is 6.79. The lowest BCUT2D eigenvalue weighted by molar-refractivity contribution is 0.0995. The van der Waals surface area contributed by atoms with E-state index in [1.807, 2.05) is 0 Å². The van der Waals surface area contributed by atoms with Crippen molar-refractivity contribution in [2.45, 2.75) is 0 Å². The molecular formula is C28H23FN6O4. The average molecular weight is 527 g/mol. The number of carbonyl (C=O) groups excluding carboxylic acids is 2. The molecule has 0 atom stereocenters. The van der Waals surface area contributed by atoms with Gasteiger partial charge in [-0.05, 0) is 54.6 Å². The predicted molar refractivity (Wildman–Crippen MR) is 144 cm³/mol. The van der Waals surface area contributed by atoms with Crippen LogP contribution < -0.4 is 25.8 Å². The van der Waals surface area contributed by atoms with Gasteiger partial charge in [0, 0.05) is 42.3 Å². The third-order valence-corrected chi connectivity index (χ3v) is 5.79. The predicted octanol–water partition coefficient (Wildman–Crippen LogP) is 5.00. The van der Waals surface area contributed by atoms with Crippen LogP contribution in [0.15, 0.2) is 79.1 Å². The number of aromatic nitrogens is 3. The quantitative estimate of drug-likeness (QED) is 0.259. The van der Waals surface area contributed by atoms with Crippen LogP contribution in [0.5, 0.6) is 17.2 Å². The van der Waals surface area contributed by atoms with E-state index in [2.05, 4.69) is 20.7 Å². The van der Waals surface area contributed by atoms with Gasteiger partial charge in [-0.15, -0.1) is 0 Å². The first-order valence-electron chi connectivity index (χ1n) is 11.7. The summed E-state index contributed by atoms with van der Waals surface area (Å²) in [4.78, 5) is 29.0. The number of nitrogens with zero attached hydrogens (tertiary/aromatic N) is 3. The van der Waals surface area contributed by atoms with Crippen LogP contribution >= 0.6 is 0 Å². The molecule has 2 amide bonds. The number of nitrogens with two attached hydrogens (primary N) is 1. The molecule has 0 unspecified atom stereocenters. The standard InChI is InChI=1S/C28H23FN6O4/c1-35-15-22(28(37)33-18-5-3-4-16(29)12-18)27(34-35)32-17-6-8-19(9-7-17)39-24-10-11-31-23-14-25(38-2)21(26(30)36)13-20(23)24/h3-15H,1-2H3,(H2,30,36)(H,32,34)(H,33,37). The number of aryl methyl sites for hydroxylation is 1. The monoisotopic (exact) mass is 526 g/mol. The number of hydrogen-bond acceptors (Lipinski definition) is 7. The number of anilines is 3. The van der Waals surface area contributed by atoms with E-state index in [0.717, 1.165) is 0 Å². The molecule has 5 aromatic rings. The SMILES string of the molecule is COc1cc2nccc(Oc3ccc(Nc4nn(C)cc4C(=O)Nc4cccc(F)c4)cc3)c2cc1C(N)=O. The van der Waals surface area contributed by atoms with Crippen molar-refractivity contribution in [3.63, 3.8) is 0 Å². The number of amides is 2. The number of nitrogens with one attached hydrogen (secondary N) is 2. The Balaban J connectivity index is 1.35. The third-order valence-electron chi connectivity index (χ3n) is 5.79. The molecular weight excluding hydrogens is 503 g/mol. The molecule has 0 aliphatic heterocycles. The highest BCUT2D eigenvalue weighted by Crippen LogP contribution is 2.33. The number of benzene rings is 3. The summed E-state index contributed by atoms with van der Waals surface area (Å²) in [7, 11) is 3.15. The fraction of sp³-hybridized carbons (Fsp3) is 0.0714. The highest BCUT2D eigenvalue weighted by atomic mass is 19.1. The van der Waals surface area contributed by atoms with E-state index < -0.39 is 17.6 Å². The Morgan fingerprint density at radius 2 is 1.77 bits per heavy atom. The van der Waals surface area contributed by atoms with Gasteiger partial charge in [-0.2, -0.15) is 5.10 Å². The van der Waals surface area contributed by atoms with E-state index in [9.17, 15) is 14.0 Å². The molecule has 0 saturated carbocycles. The molecule has 5 rings (SSSR count). The van der Waals surface area contributed by atoms with Crippen LogP contribution in [-0.4, -0.2) is 33.7 Å². The molecule has 10 nitrogen and oxygen atoms in total. The second-order valence-corrected chi connectivity index (χ2v) is 8.52. The highest BCUT2D eigenvalue weighted by molar-refractivity contribution is 6.07. The lowest BCUT2D eigenvalue weighted by Gasteiger charge is -2.12. The minimum atomic E-state index is -0.627. The molecule has 2 aromatic heterocycles. The van der Waals surface area contributed by atoms with Gasteiger partial charge in [-0.3, -0.25) is 19.3 Å². The zero-order valence-corrected chi connectivity index (χ0v) is 20.9. The van der Waals surface area contributed by atoms with Crippen molar-refractivity contribution in [1.82, 2.24) is 14.8 Å². The Morgan fingerprint density at radius 1 is 0.974 bits per heavy atom. The molecule has 3 aromatic carbocycles. The Bertz CT molecular complexity index is 1700. The van der Waals surface area contributed by atoms with E-state index in [1.165, 1.54) is 30.0 Å². The first-order valence-corrected chi connectivity index (χ1v) is 11.7. The molecule has 0 aliphatic carbocycles. The molecule has 0 fully saturated rings. The van der Waals surface area contributed by atoms with Crippen molar-refractivity contribution in [2.75, 3.05) is 17.7 Å². The van der Waals surface area contributed by atoms with Crippen LogP contribution in [0.4, 0.5) is 21.6 Å². The van der Waals surface area contributed by atoms with Crippen LogP contribution in [0, 0.1) is 5.82 Å². The summed E-state index contributed by atoms with van der Waals surface area (Å²) in [5.74, 6) is 0.140. The van der Waals surface area contributed by atoms with Gasteiger partial charge in [0.25, 0.3) is 11.8 Å². The van der Waals surface area contributed by atoms with Gasteiger partial charge in [-0.1, -0.05) is 6.07 Å².